The van der Waals surface area contributed by atoms with Crippen LogP contribution in [0, 0.1) is 0 Å². The molecule has 1 aliphatic rings. The molecular weight excluding hydrogens is 396 g/mol. The van der Waals surface area contributed by atoms with Crippen LogP contribution in [-0.2, 0) is 0 Å². The van der Waals surface area contributed by atoms with Crippen molar-refractivity contribution in [2.24, 2.45) is 0 Å². The predicted octanol–water partition coefficient (Wildman–Crippen LogP) is 4.34. The number of hydrogen-bond acceptors (Lipinski definition) is 3. The van der Waals surface area contributed by atoms with Gasteiger partial charge in [0.15, 0.2) is 0 Å². The molecule has 3 rings (SSSR count). The van der Waals surface area contributed by atoms with E-state index in [0.717, 1.165) is 30.4 Å². The number of halogens is 1. The fourth-order valence-electron chi connectivity index (χ4n) is 2.99. The third kappa shape index (κ3) is 4.25. The summed E-state index contributed by atoms with van der Waals surface area (Å²) in [6.45, 7) is 1.65. The highest BCUT2D eigenvalue weighted by Gasteiger charge is 2.18. The number of nitrogens with one attached hydrogen (secondary N) is 1. The molecule has 0 aliphatic carbocycles. The second-order valence-electron chi connectivity index (χ2n) is 6.23. The molecule has 26 heavy (non-hydrogen) atoms. The van der Waals surface area contributed by atoms with Gasteiger partial charge in [-0.05, 0) is 77.7 Å². The molecule has 0 bridgehead atoms. The molecule has 1 saturated heterocycles. The van der Waals surface area contributed by atoms with Gasteiger partial charge in [0.2, 0.25) is 0 Å². The van der Waals surface area contributed by atoms with Crippen LogP contribution in [0.4, 0.5) is 5.69 Å². The smallest absolute Gasteiger partial charge is 0.255 e. The van der Waals surface area contributed by atoms with E-state index in [-0.39, 0.29) is 11.8 Å². The van der Waals surface area contributed by atoms with Gasteiger partial charge in [-0.2, -0.15) is 0 Å². The monoisotopic (exact) mass is 416 g/mol. The van der Waals surface area contributed by atoms with Crippen LogP contribution < -0.4 is 10.1 Å². The zero-order valence-corrected chi connectivity index (χ0v) is 16.2. The number of amides is 2. The zero-order valence-electron chi connectivity index (χ0n) is 14.6. The highest BCUT2D eigenvalue weighted by molar-refractivity contribution is 9.10. The number of carbonyl (C=O) groups excluding carboxylic acids is 2. The molecule has 0 spiro atoms. The Morgan fingerprint density at radius 1 is 1.00 bits per heavy atom. The number of hydrogen-bond donors (Lipinski definition) is 1. The first-order valence-electron chi connectivity index (χ1n) is 8.63. The molecule has 0 radical (unpaired) electrons. The van der Waals surface area contributed by atoms with Crippen LogP contribution >= 0.6 is 15.9 Å². The lowest BCUT2D eigenvalue weighted by Crippen LogP contribution is -2.35. The second-order valence-corrected chi connectivity index (χ2v) is 7.09. The summed E-state index contributed by atoms with van der Waals surface area (Å²) in [5.41, 5.74) is 1.82. The average Bonchev–Trinajstić information content (AvgIpc) is 2.68. The van der Waals surface area contributed by atoms with Crippen molar-refractivity contribution in [2.75, 3.05) is 25.5 Å². The third-order valence-corrected chi connectivity index (χ3v) is 5.07. The summed E-state index contributed by atoms with van der Waals surface area (Å²) in [5, 5.41) is 2.84. The molecule has 0 aromatic heterocycles. The maximum Gasteiger partial charge on any atom is 0.255 e. The molecule has 2 amide bonds. The van der Waals surface area contributed by atoms with Crippen molar-refractivity contribution >= 4 is 33.4 Å². The van der Waals surface area contributed by atoms with Crippen LogP contribution in [0.5, 0.6) is 5.75 Å². The molecule has 1 heterocycles. The highest BCUT2D eigenvalue weighted by Crippen LogP contribution is 2.26. The minimum atomic E-state index is -0.219. The predicted molar refractivity (Wildman–Crippen MR) is 105 cm³/mol. The van der Waals surface area contributed by atoms with Crippen molar-refractivity contribution in [1.29, 1.82) is 0 Å². The maximum absolute atomic E-state index is 12.5. The van der Waals surface area contributed by atoms with Crippen molar-refractivity contribution in [3.63, 3.8) is 0 Å². The Bertz CT molecular complexity index is 799. The number of piperidine rings is 1. The first-order chi connectivity index (χ1) is 12.6. The molecule has 0 unspecified atom stereocenters. The van der Waals surface area contributed by atoms with Gasteiger partial charge >= 0.3 is 0 Å². The lowest BCUT2D eigenvalue weighted by atomic mass is 10.1. The number of methoxy groups -OCH3 is 1. The van der Waals surface area contributed by atoms with Gasteiger partial charge in [-0.1, -0.05) is 0 Å². The number of nitrogens with zero attached hydrogens (tertiary/aromatic N) is 1. The minimum Gasteiger partial charge on any atom is -0.496 e. The molecule has 136 valence electrons. The normalized spacial score (nSPS) is 14.0. The van der Waals surface area contributed by atoms with Crippen molar-refractivity contribution in [1.82, 2.24) is 4.90 Å². The van der Waals surface area contributed by atoms with Gasteiger partial charge in [0, 0.05) is 29.9 Å². The average molecular weight is 417 g/mol. The number of ether oxygens (including phenoxy) is 1. The van der Waals surface area contributed by atoms with Gasteiger partial charge in [0.05, 0.1) is 11.6 Å². The number of rotatable bonds is 4. The van der Waals surface area contributed by atoms with Crippen LogP contribution in [0.15, 0.2) is 46.9 Å². The van der Waals surface area contributed by atoms with Crippen LogP contribution in [0.1, 0.15) is 40.0 Å². The fourth-order valence-corrected chi connectivity index (χ4v) is 3.53. The van der Waals surface area contributed by atoms with E-state index in [1.165, 1.54) is 6.42 Å². The third-order valence-electron chi connectivity index (χ3n) is 4.45. The summed E-state index contributed by atoms with van der Waals surface area (Å²) in [6, 6.07) is 12.2. The minimum absolute atomic E-state index is 0.0571. The van der Waals surface area contributed by atoms with Gasteiger partial charge in [-0.3, -0.25) is 9.59 Å². The summed E-state index contributed by atoms with van der Waals surface area (Å²) in [6.07, 6.45) is 3.32. The van der Waals surface area contributed by atoms with Gasteiger partial charge in [-0.25, -0.2) is 0 Å². The first kappa shape index (κ1) is 18.5. The van der Waals surface area contributed by atoms with E-state index >= 15 is 0 Å². The van der Waals surface area contributed by atoms with Crippen molar-refractivity contribution in [2.45, 2.75) is 19.3 Å². The standard InChI is InChI=1S/C20H21BrN2O3/c1-26-18-10-7-15(13-17(18)21)19(24)22-16-8-5-14(6-9-16)20(25)23-11-3-2-4-12-23/h5-10,13H,2-4,11-12H2,1H3,(H,22,24). The number of benzene rings is 2. The Morgan fingerprint density at radius 3 is 2.27 bits per heavy atom. The van der Waals surface area contributed by atoms with E-state index in [1.807, 2.05) is 4.90 Å². The van der Waals surface area contributed by atoms with E-state index in [9.17, 15) is 9.59 Å². The van der Waals surface area contributed by atoms with E-state index in [4.69, 9.17) is 4.74 Å². The number of likely N-dealkylation sites (tertiary alicyclic amines) is 1. The summed E-state index contributed by atoms with van der Waals surface area (Å²) in [4.78, 5) is 26.8. The molecule has 0 atom stereocenters. The quantitative estimate of drug-likeness (QED) is 0.806. The van der Waals surface area contributed by atoms with E-state index in [1.54, 1.807) is 49.6 Å². The van der Waals surface area contributed by atoms with Gasteiger partial charge in [0.25, 0.3) is 11.8 Å². The lowest BCUT2D eigenvalue weighted by Gasteiger charge is -2.26. The van der Waals surface area contributed by atoms with Gasteiger partial charge in [0.1, 0.15) is 5.75 Å². The molecule has 1 aliphatic heterocycles. The number of anilines is 1. The largest absolute Gasteiger partial charge is 0.496 e. The Hall–Kier alpha value is -2.34. The molecule has 2 aromatic rings. The van der Waals surface area contributed by atoms with Crippen LogP contribution in [0.3, 0.4) is 0 Å². The van der Waals surface area contributed by atoms with Gasteiger partial charge in [-0.15, -0.1) is 0 Å². The maximum atomic E-state index is 12.5. The van der Waals surface area contributed by atoms with Crippen molar-refractivity contribution in [3.8, 4) is 5.75 Å². The Kier molecular flexibility index (Phi) is 5.93. The topological polar surface area (TPSA) is 58.6 Å². The van der Waals surface area contributed by atoms with Crippen LogP contribution in [0.25, 0.3) is 0 Å². The lowest BCUT2D eigenvalue weighted by molar-refractivity contribution is 0.0724. The number of carbonyl (C=O) groups is 2. The molecule has 0 saturated carbocycles. The zero-order chi connectivity index (χ0) is 18.5. The van der Waals surface area contributed by atoms with Gasteiger partial charge < -0.3 is 15.0 Å². The fraction of sp³-hybridized carbons (Fsp3) is 0.300. The van der Waals surface area contributed by atoms with Crippen LogP contribution in [0.2, 0.25) is 0 Å². The summed E-state index contributed by atoms with van der Waals surface area (Å²) >= 11 is 3.38. The Balaban J connectivity index is 1.66. The first-order valence-corrected chi connectivity index (χ1v) is 9.42. The molecule has 6 heteroatoms. The van der Waals surface area contributed by atoms with E-state index < -0.39 is 0 Å². The highest BCUT2D eigenvalue weighted by atomic mass is 79.9. The Labute approximate surface area is 161 Å². The second kappa shape index (κ2) is 8.36. The van der Waals surface area contributed by atoms with Crippen molar-refractivity contribution < 1.29 is 14.3 Å². The molecular formula is C20H21BrN2O3. The molecule has 1 fully saturated rings. The molecule has 1 N–H and O–H groups in total. The van der Waals surface area contributed by atoms with E-state index in [0.29, 0.717) is 22.6 Å². The molecule has 2 aromatic carbocycles. The van der Waals surface area contributed by atoms with E-state index in [2.05, 4.69) is 21.2 Å². The van der Waals surface area contributed by atoms with Crippen molar-refractivity contribution in [3.05, 3.63) is 58.1 Å². The summed E-state index contributed by atoms with van der Waals surface area (Å²) in [5.74, 6) is 0.507. The SMILES string of the molecule is COc1ccc(C(=O)Nc2ccc(C(=O)N3CCCCC3)cc2)cc1Br. The molecule has 5 nitrogen and oxygen atoms in total. The Morgan fingerprint density at radius 2 is 1.65 bits per heavy atom. The van der Waals surface area contributed by atoms with Crippen LogP contribution in [-0.4, -0.2) is 36.9 Å². The summed E-state index contributed by atoms with van der Waals surface area (Å²) in [7, 11) is 1.58. The summed E-state index contributed by atoms with van der Waals surface area (Å²) < 4.78 is 5.89.